The highest BCUT2D eigenvalue weighted by atomic mass is 16.1. The van der Waals surface area contributed by atoms with Crippen molar-refractivity contribution in [2.24, 2.45) is 0 Å². The summed E-state index contributed by atoms with van der Waals surface area (Å²) in [4.78, 5) is 12.2. The molecule has 0 fully saturated rings. The second kappa shape index (κ2) is 7.94. The van der Waals surface area contributed by atoms with E-state index in [1.807, 2.05) is 60.7 Å². The number of hydrogen-bond donors (Lipinski definition) is 0. The van der Waals surface area contributed by atoms with Gasteiger partial charge in [-0.05, 0) is 35.6 Å². The van der Waals surface area contributed by atoms with Crippen LogP contribution in [0.25, 0.3) is 6.08 Å². The Hall–Kier alpha value is -2.67. The van der Waals surface area contributed by atoms with E-state index in [4.69, 9.17) is 0 Å². The summed E-state index contributed by atoms with van der Waals surface area (Å²) in [6.07, 6.45) is 8.90. The predicted molar refractivity (Wildman–Crippen MR) is 94.1 cm³/mol. The maximum absolute atomic E-state index is 12.2. The molecule has 0 saturated carbocycles. The molecule has 0 heterocycles. The molecule has 2 aromatic rings. The van der Waals surface area contributed by atoms with Gasteiger partial charge in [0.15, 0.2) is 5.78 Å². The number of carbonyl (C=O) groups is 1. The molecule has 0 aliphatic heterocycles. The van der Waals surface area contributed by atoms with E-state index in [0.29, 0.717) is 5.56 Å². The van der Waals surface area contributed by atoms with Gasteiger partial charge >= 0.3 is 0 Å². The lowest BCUT2D eigenvalue weighted by Crippen LogP contribution is -1.97. The predicted octanol–water partition coefficient (Wildman–Crippen LogP) is 5.04. The van der Waals surface area contributed by atoms with E-state index in [-0.39, 0.29) is 5.78 Å². The van der Waals surface area contributed by atoms with E-state index >= 15 is 0 Å². The summed E-state index contributed by atoms with van der Waals surface area (Å²) in [6, 6.07) is 15.4. The first-order chi connectivity index (χ1) is 10.8. The van der Waals surface area contributed by atoms with Crippen molar-refractivity contribution in [3.05, 3.63) is 102 Å². The van der Waals surface area contributed by atoms with Gasteiger partial charge in [0.2, 0.25) is 0 Å². The minimum Gasteiger partial charge on any atom is -0.289 e. The largest absolute Gasteiger partial charge is 0.289 e. The molecule has 1 heteroatoms. The standard InChI is InChI=1S/C21H20O/c1-3-9-17-13-8-14-18(20(17)10-4-2)15-16-21(22)19-11-6-5-7-12-19/h3-8,11-16H,1-2,9-10H2. The van der Waals surface area contributed by atoms with Crippen LogP contribution < -0.4 is 0 Å². The van der Waals surface area contributed by atoms with Crippen LogP contribution in [0.1, 0.15) is 27.0 Å². The van der Waals surface area contributed by atoms with Crippen LogP contribution in [0.4, 0.5) is 0 Å². The number of rotatable bonds is 7. The SMILES string of the molecule is C=CCc1cccc(C=CC(=O)c2ccccc2)c1CC=C. The van der Waals surface area contributed by atoms with Crippen LogP contribution >= 0.6 is 0 Å². The molecule has 0 N–H and O–H groups in total. The maximum Gasteiger partial charge on any atom is 0.185 e. The summed E-state index contributed by atoms with van der Waals surface area (Å²) >= 11 is 0. The smallest absolute Gasteiger partial charge is 0.185 e. The zero-order chi connectivity index (χ0) is 15.8. The topological polar surface area (TPSA) is 17.1 Å². The lowest BCUT2D eigenvalue weighted by molar-refractivity contribution is 0.104. The molecule has 0 amide bonds. The van der Waals surface area contributed by atoms with Crippen LogP contribution in [-0.2, 0) is 12.8 Å². The molecular weight excluding hydrogens is 268 g/mol. The molecule has 0 aliphatic rings. The molecule has 1 nitrogen and oxygen atoms in total. The Labute approximate surface area is 132 Å². The van der Waals surface area contributed by atoms with Gasteiger partial charge in [0.25, 0.3) is 0 Å². The Bertz CT molecular complexity index is 693. The summed E-state index contributed by atoms with van der Waals surface area (Å²) in [5, 5.41) is 0. The summed E-state index contributed by atoms with van der Waals surface area (Å²) in [6.45, 7) is 7.63. The van der Waals surface area contributed by atoms with Gasteiger partial charge in [-0.3, -0.25) is 4.79 Å². The Kier molecular flexibility index (Phi) is 5.67. The molecule has 0 radical (unpaired) electrons. The molecule has 2 rings (SSSR count). The second-order valence-corrected chi connectivity index (χ2v) is 5.03. The summed E-state index contributed by atoms with van der Waals surface area (Å²) in [5.74, 6) is 0.0132. The average Bonchev–Trinajstić information content (AvgIpc) is 2.56. The van der Waals surface area contributed by atoms with Crippen LogP contribution in [0.3, 0.4) is 0 Å². The highest BCUT2D eigenvalue weighted by molar-refractivity contribution is 6.06. The fourth-order valence-corrected chi connectivity index (χ4v) is 2.41. The maximum atomic E-state index is 12.2. The van der Waals surface area contributed by atoms with E-state index in [9.17, 15) is 4.79 Å². The first-order valence-electron chi connectivity index (χ1n) is 7.36. The molecule has 110 valence electrons. The van der Waals surface area contributed by atoms with Crippen LogP contribution in [0.15, 0.2) is 79.9 Å². The van der Waals surface area contributed by atoms with Crippen LogP contribution in [0.5, 0.6) is 0 Å². The van der Waals surface area contributed by atoms with Crippen molar-refractivity contribution in [1.29, 1.82) is 0 Å². The third-order valence-electron chi connectivity index (χ3n) is 3.49. The average molecular weight is 288 g/mol. The molecule has 0 bridgehead atoms. The second-order valence-electron chi connectivity index (χ2n) is 5.03. The van der Waals surface area contributed by atoms with Crippen molar-refractivity contribution < 1.29 is 4.79 Å². The lowest BCUT2D eigenvalue weighted by atomic mass is 9.95. The fraction of sp³-hybridized carbons (Fsp3) is 0.0952. The van der Waals surface area contributed by atoms with E-state index in [0.717, 1.165) is 18.4 Å². The first-order valence-corrected chi connectivity index (χ1v) is 7.36. The van der Waals surface area contributed by atoms with Crippen LogP contribution in [0.2, 0.25) is 0 Å². The highest BCUT2D eigenvalue weighted by Crippen LogP contribution is 2.19. The molecule has 0 saturated heterocycles. The summed E-state index contributed by atoms with van der Waals surface area (Å²) < 4.78 is 0. The first kappa shape index (κ1) is 15.7. The van der Waals surface area contributed by atoms with Gasteiger partial charge in [-0.1, -0.05) is 66.8 Å². The normalized spacial score (nSPS) is 10.5. The van der Waals surface area contributed by atoms with E-state index in [2.05, 4.69) is 19.2 Å². The van der Waals surface area contributed by atoms with Gasteiger partial charge in [0, 0.05) is 5.56 Å². The van der Waals surface area contributed by atoms with Crippen molar-refractivity contribution >= 4 is 11.9 Å². The molecule has 0 atom stereocenters. The van der Waals surface area contributed by atoms with Gasteiger partial charge in [-0.2, -0.15) is 0 Å². The van der Waals surface area contributed by atoms with Crippen molar-refractivity contribution in [2.75, 3.05) is 0 Å². The van der Waals surface area contributed by atoms with Crippen molar-refractivity contribution in [3.8, 4) is 0 Å². The molecule has 0 unspecified atom stereocenters. The molecule has 22 heavy (non-hydrogen) atoms. The summed E-state index contributed by atoms with van der Waals surface area (Å²) in [5.41, 5.74) is 4.19. The van der Waals surface area contributed by atoms with Gasteiger partial charge < -0.3 is 0 Å². The van der Waals surface area contributed by atoms with Crippen LogP contribution in [0, 0.1) is 0 Å². The zero-order valence-corrected chi connectivity index (χ0v) is 12.7. The molecule has 0 aromatic heterocycles. The molecule has 2 aromatic carbocycles. The Balaban J connectivity index is 2.30. The summed E-state index contributed by atoms with van der Waals surface area (Å²) in [7, 11) is 0. The minimum absolute atomic E-state index is 0.0132. The quantitative estimate of drug-likeness (QED) is 0.396. The van der Waals surface area contributed by atoms with Crippen LogP contribution in [-0.4, -0.2) is 5.78 Å². The Morgan fingerprint density at radius 1 is 0.909 bits per heavy atom. The number of carbonyl (C=O) groups excluding carboxylic acids is 1. The highest BCUT2D eigenvalue weighted by Gasteiger charge is 2.05. The zero-order valence-electron chi connectivity index (χ0n) is 12.7. The third-order valence-corrected chi connectivity index (χ3v) is 3.49. The molecule has 0 spiro atoms. The van der Waals surface area contributed by atoms with E-state index < -0.39 is 0 Å². The van der Waals surface area contributed by atoms with Gasteiger partial charge in [-0.15, -0.1) is 13.2 Å². The number of ketones is 1. The number of benzene rings is 2. The van der Waals surface area contributed by atoms with E-state index in [1.165, 1.54) is 11.1 Å². The molecule has 0 aliphatic carbocycles. The molecular formula is C21H20O. The minimum atomic E-state index is 0.0132. The number of allylic oxidation sites excluding steroid dienone is 3. The van der Waals surface area contributed by atoms with Gasteiger partial charge in [0.1, 0.15) is 0 Å². The van der Waals surface area contributed by atoms with E-state index in [1.54, 1.807) is 6.08 Å². The van der Waals surface area contributed by atoms with Crippen molar-refractivity contribution in [3.63, 3.8) is 0 Å². The van der Waals surface area contributed by atoms with Gasteiger partial charge in [0.05, 0.1) is 0 Å². The van der Waals surface area contributed by atoms with Crippen molar-refractivity contribution in [2.45, 2.75) is 12.8 Å². The number of hydrogen-bond acceptors (Lipinski definition) is 1. The lowest BCUT2D eigenvalue weighted by Gasteiger charge is -2.09. The van der Waals surface area contributed by atoms with Crippen molar-refractivity contribution in [1.82, 2.24) is 0 Å². The Morgan fingerprint density at radius 3 is 2.32 bits per heavy atom. The third kappa shape index (κ3) is 3.92. The monoisotopic (exact) mass is 288 g/mol. The van der Waals surface area contributed by atoms with Gasteiger partial charge in [-0.25, -0.2) is 0 Å². The fourth-order valence-electron chi connectivity index (χ4n) is 2.41. The Morgan fingerprint density at radius 2 is 1.64 bits per heavy atom.